The predicted octanol–water partition coefficient (Wildman–Crippen LogP) is 5.07. The molecule has 3 aromatic rings. The lowest BCUT2D eigenvalue weighted by Gasteiger charge is -2.30. The third-order valence-corrected chi connectivity index (χ3v) is 6.93. The maximum Gasteiger partial charge on any atom is 0.258 e. The van der Waals surface area contributed by atoms with Gasteiger partial charge in [0.1, 0.15) is 11.8 Å². The van der Waals surface area contributed by atoms with Gasteiger partial charge in [0, 0.05) is 19.9 Å². The first-order chi connectivity index (χ1) is 18.5. The summed E-state index contributed by atoms with van der Waals surface area (Å²) in [4.78, 5) is 29.2. The molecule has 2 aliphatic heterocycles. The molecule has 0 saturated heterocycles. The highest BCUT2D eigenvalue weighted by atomic mass is 16.7. The van der Waals surface area contributed by atoms with Crippen LogP contribution in [0.1, 0.15) is 47.3 Å². The number of carbonyl (C=O) groups excluding carboxylic acids is 2. The average molecular weight is 513 g/mol. The Morgan fingerprint density at radius 2 is 1.61 bits per heavy atom. The first-order valence-corrected chi connectivity index (χ1v) is 12.9. The molecule has 0 aromatic heterocycles. The van der Waals surface area contributed by atoms with Crippen molar-refractivity contribution in [1.29, 1.82) is 0 Å². The number of fused-ring (bicyclic) bond motifs is 2. The Balaban J connectivity index is 1.51. The summed E-state index contributed by atoms with van der Waals surface area (Å²) < 4.78 is 17.2. The van der Waals surface area contributed by atoms with Crippen molar-refractivity contribution in [3.05, 3.63) is 102 Å². The third kappa shape index (κ3) is 5.67. The number of para-hydroxylation sites is 1. The molecule has 0 fully saturated rings. The number of nitrogens with zero attached hydrogens (tertiary/aromatic N) is 1. The number of rotatable bonds is 3. The minimum atomic E-state index is -0.737. The van der Waals surface area contributed by atoms with E-state index in [1.165, 1.54) is 4.90 Å². The van der Waals surface area contributed by atoms with Crippen LogP contribution in [-0.4, -0.2) is 42.7 Å². The van der Waals surface area contributed by atoms with E-state index in [-0.39, 0.29) is 30.8 Å². The van der Waals surface area contributed by atoms with Gasteiger partial charge in [0.25, 0.3) is 5.91 Å². The van der Waals surface area contributed by atoms with Crippen molar-refractivity contribution < 1.29 is 23.8 Å². The number of likely N-dealkylation sites (N-methyl/N-ethyl adjacent to an activating group) is 1. The maximum absolute atomic E-state index is 13.9. The first kappa shape index (κ1) is 25.4. The normalized spacial score (nSPS) is 22.6. The average Bonchev–Trinajstić information content (AvgIpc) is 3.41. The molecule has 0 aliphatic carbocycles. The molecule has 0 bridgehead atoms. The lowest BCUT2D eigenvalue weighted by Crippen LogP contribution is -2.49. The number of nitrogens with one attached hydrogen (secondary N) is 1. The van der Waals surface area contributed by atoms with Crippen LogP contribution < -0.4 is 19.5 Å². The molecule has 7 heteroatoms. The first-order valence-electron chi connectivity index (χ1n) is 12.9. The highest BCUT2D eigenvalue weighted by Crippen LogP contribution is 2.35. The molecule has 38 heavy (non-hydrogen) atoms. The van der Waals surface area contributed by atoms with Crippen molar-refractivity contribution >= 4 is 11.8 Å². The fraction of sp³-hybridized carbons (Fsp3) is 0.290. The zero-order valence-electron chi connectivity index (χ0n) is 21.6. The standard InChI is InChI=1S/C31H32N2O5/c1-21-10-6-8-14-25(23-16-17-28-29(19-23)37-20-36-28)32-30(34)26(18-22-11-4-3-5-12-22)33(2)31(35)24-13-7-9-15-27(24)38-21/h3-9,11-13,15-17,19,21,25-26H,10,14,18,20H2,1-2H3,(H,32,34)/b8-6+/t21-,25+,26+/m1/s1. The Bertz CT molecular complexity index is 1320. The van der Waals surface area contributed by atoms with E-state index in [9.17, 15) is 9.59 Å². The number of benzene rings is 3. The van der Waals surface area contributed by atoms with Gasteiger partial charge in [-0.05, 0) is 48.7 Å². The molecule has 2 amide bonds. The van der Waals surface area contributed by atoms with Gasteiger partial charge in [0.2, 0.25) is 12.7 Å². The lowest BCUT2D eigenvalue weighted by atomic mass is 9.99. The van der Waals surface area contributed by atoms with Crippen molar-refractivity contribution in [3.8, 4) is 17.2 Å². The molecule has 2 aliphatic rings. The fourth-order valence-electron chi connectivity index (χ4n) is 4.78. The smallest absolute Gasteiger partial charge is 0.258 e. The summed E-state index contributed by atoms with van der Waals surface area (Å²) in [5.41, 5.74) is 2.30. The second-order valence-corrected chi connectivity index (χ2v) is 9.66. The van der Waals surface area contributed by atoms with Gasteiger partial charge in [-0.2, -0.15) is 0 Å². The minimum absolute atomic E-state index is 0.132. The Morgan fingerprint density at radius 1 is 0.868 bits per heavy atom. The highest BCUT2D eigenvalue weighted by Gasteiger charge is 2.31. The van der Waals surface area contributed by atoms with Gasteiger partial charge in [0.15, 0.2) is 11.5 Å². The predicted molar refractivity (Wildman–Crippen MR) is 144 cm³/mol. The van der Waals surface area contributed by atoms with Gasteiger partial charge in [0.05, 0.1) is 17.7 Å². The number of carbonyl (C=O) groups is 2. The molecular formula is C31H32N2O5. The summed E-state index contributed by atoms with van der Waals surface area (Å²) in [5.74, 6) is 1.36. The van der Waals surface area contributed by atoms with E-state index in [4.69, 9.17) is 14.2 Å². The van der Waals surface area contributed by atoms with Crippen LogP contribution in [0.5, 0.6) is 17.2 Å². The van der Waals surface area contributed by atoms with Gasteiger partial charge in [-0.15, -0.1) is 0 Å². The van der Waals surface area contributed by atoms with Crippen LogP contribution in [0, 0.1) is 0 Å². The topological polar surface area (TPSA) is 77.1 Å². The molecule has 0 unspecified atom stereocenters. The van der Waals surface area contributed by atoms with Crippen LogP contribution in [0.25, 0.3) is 0 Å². The van der Waals surface area contributed by atoms with Crippen LogP contribution in [-0.2, 0) is 11.2 Å². The zero-order valence-corrected chi connectivity index (χ0v) is 21.6. The van der Waals surface area contributed by atoms with Crippen LogP contribution in [0.2, 0.25) is 0 Å². The third-order valence-electron chi connectivity index (χ3n) is 6.93. The van der Waals surface area contributed by atoms with Crippen LogP contribution in [0.15, 0.2) is 84.9 Å². The molecule has 3 aromatic carbocycles. The van der Waals surface area contributed by atoms with Gasteiger partial charge >= 0.3 is 0 Å². The second kappa shape index (κ2) is 11.4. The Morgan fingerprint density at radius 3 is 2.45 bits per heavy atom. The summed E-state index contributed by atoms with van der Waals surface area (Å²) in [6, 6.07) is 21.6. The Labute approximate surface area is 223 Å². The molecule has 3 atom stereocenters. The van der Waals surface area contributed by atoms with Crippen LogP contribution in [0.4, 0.5) is 0 Å². The molecular weight excluding hydrogens is 480 g/mol. The zero-order chi connectivity index (χ0) is 26.5. The second-order valence-electron chi connectivity index (χ2n) is 9.66. The molecule has 0 radical (unpaired) electrons. The monoisotopic (exact) mass is 512 g/mol. The Kier molecular flexibility index (Phi) is 7.63. The van der Waals surface area contributed by atoms with E-state index in [0.717, 1.165) is 11.1 Å². The molecule has 1 N–H and O–H groups in total. The van der Waals surface area contributed by atoms with E-state index in [2.05, 4.69) is 17.5 Å². The Hall–Kier alpha value is -4.26. The quantitative estimate of drug-likeness (QED) is 0.496. The van der Waals surface area contributed by atoms with Crippen molar-refractivity contribution in [2.24, 2.45) is 0 Å². The summed E-state index contributed by atoms with van der Waals surface area (Å²) in [6.07, 6.45) is 5.60. The molecule has 196 valence electrons. The van der Waals surface area contributed by atoms with E-state index < -0.39 is 6.04 Å². The maximum atomic E-state index is 13.9. The van der Waals surface area contributed by atoms with Crippen LogP contribution in [0.3, 0.4) is 0 Å². The molecule has 0 spiro atoms. The molecule has 5 rings (SSSR count). The van der Waals surface area contributed by atoms with Crippen molar-refractivity contribution in [3.63, 3.8) is 0 Å². The van der Waals surface area contributed by atoms with E-state index >= 15 is 0 Å². The van der Waals surface area contributed by atoms with Gasteiger partial charge in [-0.1, -0.05) is 60.7 Å². The van der Waals surface area contributed by atoms with E-state index in [1.54, 1.807) is 19.2 Å². The van der Waals surface area contributed by atoms with Crippen molar-refractivity contribution in [2.75, 3.05) is 13.8 Å². The number of ether oxygens (including phenoxy) is 3. The van der Waals surface area contributed by atoms with Gasteiger partial charge < -0.3 is 24.4 Å². The lowest BCUT2D eigenvalue weighted by molar-refractivity contribution is -0.126. The van der Waals surface area contributed by atoms with E-state index in [1.807, 2.05) is 67.6 Å². The molecule has 2 heterocycles. The number of hydrogen-bond acceptors (Lipinski definition) is 5. The summed E-state index contributed by atoms with van der Waals surface area (Å²) in [6.45, 7) is 2.16. The minimum Gasteiger partial charge on any atom is -0.490 e. The number of hydrogen-bond donors (Lipinski definition) is 1. The summed E-state index contributed by atoms with van der Waals surface area (Å²) in [5, 5.41) is 3.22. The summed E-state index contributed by atoms with van der Waals surface area (Å²) >= 11 is 0. The van der Waals surface area contributed by atoms with E-state index in [0.29, 0.717) is 42.1 Å². The fourth-order valence-corrected chi connectivity index (χ4v) is 4.78. The number of amides is 2. The molecule has 7 nitrogen and oxygen atoms in total. The SMILES string of the molecule is C[C@@H]1C/C=C/C[C@@H](c2ccc3c(c2)OCO3)NC(=O)[C@H](Cc2ccccc2)N(C)C(=O)c2ccccc2O1. The highest BCUT2D eigenvalue weighted by molar-refractivity contribution is 5.99. The van der Waals surface area contributed by atoms with Crippen LogP contribution >= 0.6 is 0 Å². The van der Waals surface area contributed by atoms with Crippen molar-refractivity contribution in [1.82, 2.24) is 10.2 Å². The van der Waals surface area contributed by atoms with Crippen molar-refractivity contribution in [2.45, 2.75) is 44.4 Å². The largest absolute Gasteiger partial charge is 0.490 e. The molecule has 0 saturated carbocycles. The van der Waals surface area contributed by atoms with Gasteiger partial charge in [-0.25, -0.2) is 0 Å². The summed E-state index contributed by atoms with van der Waals surface area (Å²) in [7, 11) is 1.68. The van der Waals surface area contributed by atoms with Gasteiger partial charge in [-0.3, -0.25) is 9.59 Å².